The van der Waals surface area contributed by atoms with E-state index in [-0.39, 0.29) is 17.8 Å². The number of ether oxygens (including phenoxy) is 1. The zero-order chi connectivity index (χ0) is 21.8. The summed E-state index contributed by atoms with van der Waals surface area (Å²) < 4.78 is 34.4. The van der Waals surface area contributed by atoms with Crippen LogP contribution in [0, 0.1) is 5.92 Å². The molecule has 6 heteroatoms. The largest absolute Gasteiger partial charge is 0.468 e. The summed E-state index contributed by atoms with van der Waals surface area (Å²) in [6, 6.07) is 3.08. The molecule has 1 N–H and O–H groups in total. The van der Waals surface area contributed by atoms with E-state index in [1.165, 1.54) is 7.11 Å². The van der Waals surface area contributed by atoms with Crippen LogP contribution >= 0.6 is 0 Å². The van der Waals surface area contributed by atoms with Crippen molar-refractivity contribution in [3.05, 3.63) is 28.8 Å². The molecule has 0 aromatic heterocycles. The van der Waals surface area contributed by atoms with Crippen LogP contribution in [0.25, 0.3) is 0 Å². The maximum absolute atomic E-state index is 13.5. The van der Waals surface area contributed by atoms with Crippen LogP contribution in [0.1, 0.15) is 96.3 Å². The number of sulfonamides is 1. The lowest BCUT2D eigenvalue weighted by atomic mass is 9.89. The van der Waals surface area contributed by atoms with Gasteiger partial charge in [0, 0.05) is 0 Å². The highest BCUT2D eigenvalue weighted by Gasteiger charge is 2.32. The first-order valence-corrected chi connectivity index (χ1v) is 11.6. The van der Waals surface area contributed by atoms with Crippen molar-refractivity contribution in [2.24, 2.45) is 5.92 Å². The monoisotopic (exact) mass is 411 g/mol. The Balaban J connectivity index is 3.63. The minimum Gasteiger partial charge on any atom is -0.468 e. The lowest BCUT2D eigenvalue weighted by Gasteiger charge is -2.25. The van der Waals surface area contributed by atoms with Gasteiger partial charge in [-0.15, -0.1) is 0 Å². The van der Waals surface area contributed by atoms with E-state index in [1.54, 1.807) is 0 Å². The molecule has 0 aliphatic heterocycles. The molecule has 0 saturated heterocycles. The van der Waals surface area contributed by atoms with Gasteiger partial charge >= 0.3 is 5.97 Å². The summed E-state index contributed by atoms with van der Waals surface area (Å²) >= 11 is 0. The summed E-state index contributed by atoms with van der Waals surface area (Å²) in [4.78, 5) is 12.5. The van der Waals surface area contributed by atoms with Crippen molar-refractivity contribution >= 4 is 16.0 Å². The van der Waals surface area contributed by atoms with Crippen molar-refractivity contribution < 1.29 is 17.9 Å². The number of hydrogen-bond donors (Lipinski definition) is 1. The molecule has 0 unspecified atom stereocenters. The predicted octanol–water partition coefficient (Wildman–Crippen LogP) is 4.92. The SMILES string of the molecule is COC(=O)[C@H](CC(C)C)NS(=O)(=O)c1c(C(C)C)cc(C(C)C)cc1C(C)C. The Labute approximate surface area is 171 Å². The Bertz CT molecular complexity index is 751. The number of carbonyl (C=O) groups is 1. The third kappa shape index (κ3) is 6.05. The van der Waals surface area contributed by atoms with Crippen LogP contribution in [0.5, 0.6) is 0 Å². The number of methoxy groups -OCH3 is 1. The van der Waals surface area contributed by atoms with Gasteiger partial charge in [-0.2, -0.15) is 4.72 Å². The smallest absolute Gasteiger partial charge is 0.323 e. The highest BCUT2D eigenvalue weighted by atomic mass is 32.2. The Morgan fingerprint density at radius 1 is 0.929 bits per heavy atom. The van der Waals surface area contributed by atoms with Gasteiger partial charge in [-0.25, -0.2) is 8.42 Å². The van der Waals surface area contributed by atoms with E-state index in [9.17, 15) is 13.2 Å². The van der Waals surface area contributed by atoms with Crippen molar-refractivity contribution in [2.75, 3.05) is 7.11 Å². The first-order valence-electron chi connectivity index (χ1n) is 10.1. The summed E-state index contributed by atoms with van der Waals surface area (Å²) in [5, 5.41) is 0. The van der Waals surface area contributed by atoms with Crippen LogP contribution in [0.15, 0.2) is 17.0 Å². The van der Waals surface area contributed by atoms with Gasteiger partial charge in [0.05, 0.1) is 12.0 Å². The van der Waals surface area contributed by atoms with E-state index in [2.05, 4.69) is 18.6 Å². The normalized spacial score (nSPS) is 13.6. The summed E-state index contributed by atoms with van der Waals surface area (Å²) in [5.41, 5.74) is 2.70. The zero-order valence-electron chi connectivity index (χ0n) is 18.8. The maximum atomic E-state index is 13.5. The first kappa shape index (κ1) is 24.6. The molecule has 1 atom stereocenters. The fraction of sp³-hybridized carbons (Fsp3) is 0.682. The minimum absolute atomic E-state index is 0.0319. The number of nitrogens with one attached hydrogen (secondary N) is 1. The van der Waals surface area contributed by atoms with Crippen molar-refractivity contribution in [3.63, 3.8) is 0 Å². The molecule has 1 rings (SSSR count). The van der Waals surface area contributed by atoms with Gasteiger partial charge in [0.1, 0.15) is 6.04 Å². The second kappa shape index (κ2) is 9.88. The van der Waals surface area contributed by atoms with Crippen molar-refractivity contribution in [2.45, 2.75) is 90.5 Å². The van der Waals surface area contributed by atoms with Gasteiger partial charge in [0.25, 0.3) is 0 Å². The minimum atomic E-state index is -3.90. The summed E-state index contributed by atoms with van der Waals surface area (Å²) in [6.07, 6.45) is 0.379. The average molecular weight is 412 g/mol. The summed E-state index contributed by atoms with van der Waals surface area (Å²) in [6.45, 7) is 16.1. The molecular weight excluding hydrogens is 374 g/mol. The van der Waals surface area contributed by atoms with Gasteiger partial charge in [0.15, 0.2) is 0 Å². The molecular formula is C22H37NO4S. The number of esters is 1. The van der Waals surface area contributed by atoms with E-state index >= 15 is 0 Å². The summed E-state index contributed by atoms with van der Waals surface area (Å²) in [5.74, 6) is -0.0603. The number of carbonyl (C=O) groups excluding carboxylic acids is 1. The fourth-order valence-electron chi connectivity index (χ4n) is 3.25. The molecule has 0 bridgehead atoms. The van der Waals surface area contributed by atoms with Crippen molar-refractivity contribution in [1.82, 2.24) is 4.72 Å². The first-order chi connectivity index (χ1) is 12.8. The Morgan fingerprint density at radius 3 is 1.71 bits per heavy atom. The topological polar surface area (TPSA) is 72.5 Å². The van der Waals surface area contributed by atoms with Crippen LogP contribution in [-0.2, 0) is 19.6 Å². The number of hydrogen-bond acceptors (Lipinski definition) is 4. The van der Waals surface area contributed by atoms with Gasteiger partial charge in [-0.3, -0.25) is 4.79 Å². The Morgan fingerprint density at radius 2 is 1.39 bits per heavy atom. The molecule has 28 heavy (non-hydrogen) atoms. The van der Waals surface area contributed by atoms with E-state index in [4.69, 9.17) is 4.74 Å². The number of rotatable bonds is 9. The van der Waals surface area contributed by atoms with Crippen LogP contribution in [0.3, 0.4) is 0 Å². The third-order valence-corrected chi connectivity index (χ3v) is 6.44. The molecule has 0 amide bonds. The quantitative estimate of drug-likeness (QED) is 0.585. The van der Waals surface area contributed by atoms with Gasteiger partial charge < -0.3 is 4.74 Å². The molecule has 1 aromatic rings. The van der Waals surface area contributed by atoms with Crippen molar-refractivity contribution in [1.29, 1.82) is 0 Å². The second-order valence-electron chi connectivity index (χ2n) is 8.82. The second-order valence-corrected chi connectivity index (χ2v) is 10.5. The maximum Gasteiger partial charge on any atom is 0.323 e. The third-order valence-electron chi connectivity index (χ3n) is 4.84. The van der Waals surface area contributed by atoms with E-state index < -0.39 is 22.0 Å². The zero-order valence-corrected chi connectivity index (χ0v) is 19.6. The molecule has 0 spiro atoms. The molecule has 0 fully saturated rings. The highest BCUT2D eigenvalue weighted by molar-refractivity contribution is 7.89. The molecule has 5 nitrogen and oxygen atoms in total. The molecule has 160 valence electrons. The number of benzene rings is 1. The van der Waals surface area contributed by atoms with E-state index in [0.717, 1.165) is 16.7 Å². The molecule has 0 aliphatic carbocycles. The Hall–Kier alpha value is -1.40. The molecule has 1 aromatic carbocycles. The molecule has 0 aliphatic rings. The lowest BCUT2D eigenvalue weighted by Crippen LogP contribution is -2.43. The van der Waals surface area contributed by atoms with Crippen LogP contribution in [-0.4, -0.2) is 27.5 Å². The van der Waals surface area contributed by atoms with Crippen LogP contribution in [0.2, 0.25) is 0 Å². The standard InChI is InChI=1S/C22H37NO4S/c1-13(2)10-20(22(24)27-9)23-28(25,26)21-18(15(5)6)11-17(14(3)4)12-19(21)16(7)8/h11-16,20,23H,10H2,1-9H3/t20-/m0/s1. The average Bonchev–Trinajstić information content (AvgIpc) is 2.58. The van der Waals surface area contributed by atoms with E-state index in [0.29, 0.717) is 17.2 Å². The lowest BCUT2D eigenvalue weighted by molar-refractivity contribution is -0.143. The Kier molecular flexibility index (Phi) is 8.69. The van der Waals surface area contributed by atoms with Crippen LogP contribution in [0.4, 0.5) is 0 Å². The van der Waals surface area contributed by atoms with Gasteiger partial charge in [0.2, 0.25) is 10.0 Å². The molecule has 0 radical (unpaired) electrons. The molecule has 0 heterocycles. The van der Waals surface area contributed by atoms with Gasteiger partial charge in [-0.05, 0) is 46.8 Å². The molecule has 0 saturated carbocycles. The van der Waals surface area contributed by atoms with Crippen molar-refractivity contribution in [3.8, 4) is 0 Å². The van der Waals surface area contributed by atoms with E-state index in [1.807, 2.05) is 53.7 Å². The highest BCUT2D eigenvalue weighted by Crippen LogP contribution is 2.35. The predicted molar refractivity (Wildman–Crippen MR) is 114 cm³/mol. The summed E-state index contributed by atoms with van der Waals surface area (Å²) in [7, 11) is -2.63. The van der Waals surface area contributed by atoms with Crippen LogP contribution < -0.4 is 4.72 Å². The fourth-order valence-corrected chi connectivity index (χ4v) is 5.15. The van der Waals surface area contributed by atoms with Gasteiger partial charge in [-0.1, -0.05) is 67.5 Å².